The molecule has 0 aliphatic carbocycles. The van der Waals surface area contributed by atoms with Gasteiger partial charge in [0.15, 0.2) is 0 Å². The Labute approximate surface area is 149 Å². The summed E-state index contributed by atoms with van der Waals surface area (Å²) in [7, 11) is 0. The Morgan fingerprint density at radius 1 is 0.840 bits per heavy atom. The fourth-order valence-electron chi connectivity index (χ4n) is 2.33. The summed E-state index contributed by atoms with van der Waals surface area (Å²) in [5.74, 6) is 0.920. The van der Waals surface area contributed by atoms with E-state index in [1.54, 1.807) is 0 Å². The minimum Gasteiger partial charge on any atom is -0.493 e. The topological polar surface area (TPSA) is 105 Å². The van der Waals surface area contributed by atoms with Crippen LogP contribution < -0.4 is 20.9 Å². The number of rotatable bonds is 14. The Bertz CT molecular complexity index is 504. The highest BCUT2D eigenvalue weighted by Gasteiger charge is 2.04. The summed E-state index contributed by atoms with van der Waals surface area (Å²) < 4.78 is 11.5. The van der Waals surface area contributed by atoms with Crippen LogP contribution in [0.15, 0.2) is 18.2 Å². The second-order valence-electron chi connectivity index (χ2n) is 5.96. The average Bonchev–Trinajstić information content (AvgIpc) is 2.54. The van der Waals surface area contributed by atoms with Gasteiger partial charge in [-0.2, -0.15) is 0 Å². The van der Waals surface area contributed by atoms with Gasteiger partial charge in [-0.1, -0.05) is 6.92 Å². The van der Waals surface area contributed by atoms with Gasteiger partial charge >= 0.3 is 0 Å². The van der Waals surface area contributed by atoms with E-state index in [1.807, 2.05) is 18.2 Å². The molecule has 0 aliphatic heterocycles. The van der Waals surface area contributed by atoms with Gasteiger partial charge in [0, 0.05) is 18.9 Å². The van der Waals surface area contributed by atoms with Gasteiger partial charge in [-0.3, -0.25) is 9.59 Å². The molecule has 4 N–H and O–H groups in total. The molecule has 1 aromatic carbocycles. The number of unbranched alkanes of at least 4 members (excludes halogenated alkanes) is 2. The third-order valence-electron chi connectivity index (χ3n) is 3.58. The molecule has 1 aromatic rings. The van der Waals surface area contributed by atoms with E-state index in [-0.39, 0.29) is 11.8 Å². The summed E-state index contributed by atoms with van der Waals surface area (Å²) in [4.78, 5) is 21.4. The highest BCUT2D eigenvalue weighted by molar-refractivity contribution is 5.73. The Morgan fingerprint density at radius 3 is 1.72 bits per heavy atom. The average molecular weight is 349 g/mol. The maximum Gasteiger partial charge on any atom is 0.217 e. The summed E-state index contributed by atoms with van der Waals surface area (Å²) in [5, 5.41) is 0. The van der Waals surface area contributed by atoms with Crippen LogP contribution in [0.5, 0.6) is 11.5 Å². The molecule has 0 bridgehead atoms. The number of benzene rings is 1. The number of ether oxygens (including phenoxy) is 2. The van der Waals surface area contributed by atoms with Crippen molar-refractivity contribution in [3.8, 4) is 11.5 Å². The van der Waals surface area contributed by atoms with E-state index in [4.69, 9.17) is 20.9 Å². The van der Waals surface area contributed by atoms with Gasteiger partial charge in [0.2, 0.25) is 11.8 Å². The van der Waals surface area contributed by atoms with Gasteiger partial charge < -0.3 is 20.9 Å². The molecule has 0 saturated carbocycles. The number of hydrogen-bond acceptors (Lipinski definition) is 4. The van der Waals surface area contributed by atoms with Crippen molar-refractivity contribution in [3.05, 3.63) is 30.7 Å². The minimum atomic E-state index is -0.288. The van der Waals surface area contributed by atoms with Crippen LogP contribution in [-0.4, -0.2) is 25.0 Å². The fourth-order valence-corrected chi connectivity index (χ4v) is 2.33. The van der Waals surface area contributed by atoms with Gasteiger partial charge in [0.05, 0.1) is 13.2 Å². The van der Waals surface area contributed by atoms with E-state index in [0.29, 0.717) is 26.1 Å². The maximum atomic E-state index is 10.7. The molecule has 0 atom stereocenters. The van der Waals surface area contributed by atoms with Crippen molar-refractivity contribution in [1.29, 1.82) is 0 Å². The van der Waals surface area contributed by atoms with Crippen LogP contribution in [0.1, 0.15) is 50.5 Å². The van der Waals surface area contributed by atoms with Gasteiger partial charge in [-0.15, -0.1) is 0 Å². The van der Waals surface area contributed by atoms with E-state index in [9.17, 15) is 9.59 Å². The van der Waals surface area contributed by atoms with Gasteiger partial charge in [-0.05, 0) is 56.2 Å². The lowest BCUT2D eigenvalue weighted by atomic mass is 10.1. The second-order valence-corrected chi connectivity index (χ2v) is 5.96. The van der Waals surface area contributed by atoms with Crippen LogP contribution in [0.25, 0.3) is 0 Å². The number of nitrogens with two attached hydrogens (primary N) is 2. The number of primary amides is 2. The Kier molecular flexibility index (Phi) is 10.1. The minimum absolute atomic E-state index is 0.288. The quantitative estimate of drug-likeness (QED) is 0.503. The highest BCUT2D eigenvalue weighted by Crippen LogP contribution is 2.24. The molecule has 0 fully saturated rings. The SMILES string of the molecule is [CH2]CCc1cc(OCCCCC(N)=O)cc(OCCCCC(N)=O)c1. The van der Waals surface area contributed by atoms with Crippen LogP contribution in [0.3, 0.4) is 0 Å². The molecule has 0 spiro atoms. The van der Waals surface area contributed by atoms with Crippen LogP contribution >= 0.6 is 0 Å². The Balaban J connectivity index is 2.48. The molecule has 139 valence electrons. The van der Waals surface area contributed by atoms with Crippen LogP contribution in [0.4, 0.5) is 0 Å². The largest absolute Gasteiger partial charge is 0.493 e. The molecule has 1 radical (unpaired) electrons. The van der Waals surface area contributed by atoms with Crippen LogP contribution in [-0.2, 0) is 16.0 Å². The van der Waals surface area contributed by atoms with Crippen molar-refractivity contribution in [1.82, 2.24) is 0 Å². The number of carbonyl (C=O) groups excluding carboxylic acids is 2. The van der Waals surface area contributed by atoms with E-state index >= 15 is 0 Å². The number of carbonyl (C=O) groups is 2. The third-order valence-corrected chi connectivity index (χ3v) is 3.58. The molecule has 6 nitrogen and oxygen atoms in total. The maximum absolute atomic E-state index is 10.7. The third kappa shape index (κ3) is 10.3. The first kappa shape index (κ1) is 20.8. The summed E-state index contributed by atoms with van der Waals surface area (Å²) in [5.41, 5.74) is 11.3. The number of hydrogen-bond donors (Lipinski definition) is 2. The molecule has 0 heterocycles. The summed E-state index contributed by atoms with van der Waals surface area (Å²) in [6.07, 6.45) is 5.37. The molecule has 2 amide bonds. The molecular formula is C19H29N2O4. The number of amides is 2. The van der Waals surface area contributed by atoms with Crippen molar-refractivity contribution in [2.45, 2.75) is 51.4 Å². The molecule has 0 aromatic heterocycles. The lowest BCUT2D eigenvalue weighted by Gasteiger charge is -2.12. The first-order valence-electron chi connectivity index (χ1n) is 8.76. The molecule has 0 unspecified atom stereocenters. The first-order chi connectivity index (χ1) is 12.0. The zero-order valence-electron chi connectivity index (χ0n) is 14.8. The van der Waals surface area contributed by atoms with Crippen molar-refractivity contribution >= 4 is 11.8 Å². The van der Waals surface area contributed by atoms with E-state index in [1.165, 1.54) is 0 Å². The predicted molar refractivity (Wildman–Crippen MR) is 97.2 cm³/mol. The lowest BCUT2D eigenvalue weighted by Crippen LogP contribution is -2.10. The van der Waals surface area contributed by atoms with Gasteiger partial charge in [-0.25, -0.2) is 0 Å². The summed E-state index contributed by atoms with van der Waals surface area (Å²) in [6.45, 7) is 4.93. The molecule has 0 aliphatic rings. The molecule has 0 saturated heterocycles. The molecular weight excluding hydrogens is 320 g/mol. The second kappa shape index (κ2) is 12.2. The zero-order chi connectivity index (χ0) is 18.5. The van der Waals surface area contributed by atoms with Crippen molar-refractivity contribution in [3.63, 3.8) is 0 Å². The zero-order valence-corrected chi connectivity index (χ0v) is 14.8. The lowest BCUT2D eigenvalue weighted by molar-refractivity contribution is -0.119. The standard InChI is InChI=1S/C19H29N2O4/c1-2-7-15-12-16(24-10-5-3-8-18(20)22)14-17(13-15)25-11-6-4-9-19(21)23/h12-14H,1-11H2,(H2,20,22)(H2,21,23). The smallest absolute Gasteiger partial charge is 0.217 e. The van der Waals surface area contributed by atoms with Crippen LogP contribution in [0.2, 0.25) is 0 Å². The molecule has 6 heteroatoms. The predicted octanol–water partition coefficient (Wildman–Crippen LogP) is 2.52. The fraction of sp³-hybridized carbons (Fsp3) is 0.526. The highest BCUT2D eigenvalue weighted by atomic mass is 16.5. The van der Waals surface area contributed by atoms with Crippen LogP contribution in [0, 0.1) is 6.92 Å². The molecule has 1 rings (SSSR count). The van der Waals surface area contributed by atoms with Gasteiger partial charge in [0.25, 0.3) is 0 Å². The Hall–Kier alpha value is -2.24. The van der Waals surface area contributed by atoms with Crippen molar-refractivity contribution in [2.75, 3.05) is 13.2 Å². The summed E-state index contributed by atoms with van der Waals surface area (Å²) in [6, 6.07) is 5.83. The van der Waals surface area contributed by atoms with Gasteiger partial charge in [0.1, 0.15) is 11.5 Å². The van der Waals surface area contributed by atoms with E-state index in [2.05, 4.69) is 6.92 Å². The van der Waals surface area contributed by atoms with Crippen molar-refractivity contribution < 1.29 is 19.1 Å². The van der Waals surface area contributed by atoms with Crippen molar-refractivity contribution in [2.24, 2.45) is 11.5 Å². The van der Waals surface area contributed by atoms with E-state index < -0.39 is 0 Å². The summed E-state index contributed by atoms with van der Waals surface area (Å²) >= 11 is 0. The number of aryl methyl sites for hydroxylation is 1. The normalized spacial score (nSPS) is 10.4. The molecule has 25 heavy (non-hydrogen) atoms. The monoisotopic (exact) mass is 349 g/mol. The Morgan fingerprint density at radius 2 is 1.32 bits per heavy atom. The van der Waals surface area contributed by atoms with E-state index in [0.717, 1.165) is 55.6 Å². The first-order valence-corrected chi connectivity index (χ1v) is 8.76.